The highest BCUT2D eigenvalue weighted by atomic mass is 32.1. The summed E-state index contributed by atoms with van der Waals surface area (Å²) in [6.07, 6.45) is 1.71. The van der Waals surface area contributed by atoms with Gasteiger partial charge in [0.05, 0.1) is 15.9 Å². The molecular weight excluding hydrogens is 613 g/mol. The third kappa shape index (κ3) is 4.62. The van der Waals surface area contributed by atoms with E-state index in [1.807, 2.05) is 0 Å². The summed E-state index contributed by atoms with van der Waals surface area (Å²) in [7, 11) is 0. The molecule has 0 fully saturated rings. The zero-order chi connectivity index (χ0) is 32.3. The van der Waals surface area contributed by atoms with Crippen molar-refractivity contribution in [1.82, 2.24) is 9.97 Å². The summed E-state index contributed by atoms with van der Waals surface area (Å²) in [6.45, 7) is 0. The van der Waals surface area contributed by atoms with Crippen LogP contribution in [0.5, 0.6) is 0 Å². The maximum atomic E-state index is 4.85. The van der Waals surface area contributed by atoms with Crippen LogP contribution in [0, 0.1) is 0 Å². The molecule has 0 radical (unpaired) electrons. The lowest BCUT2D eigenvalue weighted by atomic mass is 9.92. The van der Waals surface area contributed by atoms with Gasteiger partial charge in [0.2, 0.25) is 0 Å². The number of hydrogen-bond donors (Lipinski definition) is 0. The van der Waals surface area contributed by atoms with Crippen molar-refractivity contribution in [3.05, 3.63) is 170 Å². The molecule has 0 spiro atoms. The first-order chi connectivity index (χ1) is 24.3. The van der Waals surface area contributed by atoms with E-state index in [-0.39, 0.29) is 0 Å². The number of benzene rings is 8. The molecule has 0 amide bonds. The van der Waals surface area contributed by atoms with E-state index < -0.39 is 0 Å². The Labute approximate surface area is 287 Å². The lowest BCUT2D eigenvalue weighted by Gasteiger charge is -2.12. The Morgan fingerprint density at radius 1 is 0.327 bits per heavy atom. The minimum absolute atomic E-state index is 0.971. The third-order valence-corrected chi connectivity index (χ3v) is 11.0. The van der Waals surface area contributed by atoms with Crippen LogP contribution in [0.25, 0.3) is 97.3 Å². The Kier molecular flexibility index (Phi) is 6.39. The Bertz CT molecular complexity index is 2830. The average Bonchev–Trinajstić information content (AvgIpc) is 3.56. The van der Waals surface area contributed by atoms with Crippen molar-refractivity contribution in [2.75, 3.05) is 0 Å². The minimum atomic E-state index is 0.971. The normalized spacial score (nSPS) is 11.7. The van der Waals surface area contributed by atoms with Crippen molar-refractivity contribution in [3.8, 4) is 44.6 Å². The number of fused-ring (bicyclic) bond motifs is 9. The van der Waals surface area contributed by atoms with Gasteiger partial charge in [0, 0.05) is 15.6 Å². The van der Waals surface area contributed by atoms with Gasteiger partial charge in [-0.3, -0.25) is 0 Å². The van der Waals surface area contributed by atoms with Gasteiger partial charge in [-0.15, -0.1) is 11.3 Å². The molecule has 0 atom stereocenters. The molecule has 8 aromatic carbocycles. The summed E-state index contributed by atoms with van der Waals surface area (Å²) < 4.78 is 2.33. The molecule has 10 aromatic rings. The lowest BCUT2D eigenvalue weighted by molar-refractivity contribution is 1.24. The standard InChI is InChI=1S/C46H28N2S/c1-2-9-29(10-3-1)30-17-19-31(20-18-30)33-22-24-43-42(27-33)45-46(49-43)44(47-28-48-45)35-12-8-11-32(25-35)34-21-23-40-38-15-5-4-13-36(38)37-14-6-7-16-39(37)41(40)26-34/h1-28H. The smallest absolute Gasteiger partial charge is 0.116 e. The van der Waals surface area contributed by atoms with Crippen molar-refractivity contribution in [1.29, 1.82) is 0 Å². The van der Waals surface area contributed by atoms with E-state index in [2.05, 4.69) is 164 Å². The number of nitrogens with zero attached hydrogens (tertiary/aromatic N) is 2. The monoisotopic (exact) mass is 640 g/mol. The van der Waals surface area contributed by atoms with Crippen molar-refractivity contribution in [3.63, 3.8) is 0 Å². The molecule has 0 aliphatic heterocycles. The molecule has 0 unspecified atom stereocenters. The van der Waals surface area contributed by atoms with Crippen molar-refractivity contribution < 1.29 is 0 Å². The molecule has 2 aromatic heterocycles. The van der Waals surface area contributed by atoms with Gasteiger partial charge in [-0.05, 0) is 90.0 Å². The number of rotatable bonds is 4. The molecule has 0 aliphatic carbocycles. The fraction of sp³-hybridized carbons (Fsp3) is 0. The Balaban J connectivity index is 1.06. The largest absolute Gasteiger partial charge is 0.235 e. The third-order valence-electron chi connectivity index (χ3n) is 9.79. The minimum Gasteiger partial charge on any atom is -0.235 e. The first-order valence-electron chi connectivity index (χ1n) is 16.6. The summed E-state index contributed by atoms with van der Waals surface area (Å²) in [5, 5.41) is 8.88. The van der Waals surface area contributed by atoms with Crippen LogP contribution in [0.4, 0.5) is 0 Å². The van der Waals surface area contributed by atoms with Crippen molar-refractivity contribution in [2.45, 2.75) is 0 Å². The number of hydrogen-bond acceptors (Lipinski definition) is 3. The predicted molar refractivity (Wildman–Crippen MR) is 209 cm³/mol. The highest BCUT2D eigenvalue weighted by Crippen LogP contribution is 2.41. The van der Waals surface area contributed by atoms with Crippen LogP contribution < -0.4 is 0 Å². The van der Waals surface area contributed by atoms with E-state index in [9.17, 15) is 0 Å². The second-order valence-electron chi connectivity index (χ2n) is 12.6. The number of aromatic nitrogens is 2. The summed E-state index contributed by atoms with van der Waals surface area (Å²) in [4.78, 5) is 9.66. The fourth-order valence-electron chi connectivity index (χ4n) is 7.38. The molecule has 2 nitrogen and oxygen atoms in total. The molecule has 10 rings (SSSR count). The van der Waals surface area contributed by atoms with E-state index in [0.717, 1.165) is 26.9 Å². The predicted octanol–water partition coefficient (Wildman–Crippen LogP) is 13.0. The summed E-state index contributed by atoms with van der Waals surface area (Å²) >= 11 is 1.77. The van der Waals surface area contributed by atoms with Crippen LogP contribution in [-0.4, -0.2) is 9.97 Å². The van der Waals surface area contributed by atoms with Gasteiger partial charge in [0.25, 0.3) is 0 Å². The zero-order valence-electron chi connectivity index (χ0n) is 26.5. The maximum Gasteiger partial charge on any atom is 0.116 e. The first-order valence-corrected chi connectivity index (χ1v) is 17.4. The molecular formula is C46H28N2S. The van der Waals surface area contributed by atoms with E-state index in [1.165, 1.54) is 70.4 Å². The topological polar surface area (TPSA) is 25.8 Å². The Hall–Kier alpha value is -6.16. The van der Waals surface area contributed by atoms with Crippen LogP contribution in [0.15, 0.2) is 170 Å². The molecule has 0 saturated heterocycles. The summed E-state index contributed by atoms with van der Waals surface area (Å²) in [5.41, 5.74) is 10.3. The molecule has 0 N–H and O–H groups in total. The zero-order valence-corrected chi connectivity index (χ0v) is 27.3. The van der Waals surface area contributed by atoms with E-state index in [0.29, 0.717) is 0 Å². The van der Waals surface area contributed by atoms with Crippen LogP contribution in [0.1, 0.15) is 0 Å². The molecule has 2 heterocycles. The maximum absolute atomic E-state index is 4.85. The Morgan fingerprint density at radius 2 is 0.816 bits per heavy atom. The SMILES string of the molecule is c1ccc(-c2ccc(-c3ccc4sc5c(-c6cccc(-c7ccc8c9ccccc9c9ccccc9c8c7)c6)ncnc5c4c3)cc2)cc1. The molecule has 228 valence electrons. The second-order valence-corrected chi connectivity index (χ2v) is 13.6. The van der Waals surface area contributed by atoms with Crippen LogP contribution >= 0.6 is 11.3 Å². The quantitative estimate of drug-likeness (QED) is 0.179. The Morgan fingerprint density at radius 3 is 1.55 bits per heavy atom. The molecule has 0 aliphatic rings. The molecule has 3 heteroatoms. The fourth-order valence-corrected chi connectivity index (χ4v) is 8.53. The van der Waals surface area contributed by atoms with Crippen LogP contribution in [0.2, 0.25) is 0 Å². The van der Waals surface area contributed by atoms with Gasteiger partial charge in [0.1, 0.15) is 6.33 Å². The molecule has 0 saturated carbocycles. The summed E-state index contributed by atoms with van der Waals surface area (Å²) in [6, 6.07) is 59.2. The van der Waals surface area contributed by atoms with E-state index in [1.54, 1.807) is 17.7 Å². The van der Waals surface area contributed by atoms with Gasteiger partial charge >= 0.3 is 0 Å². The van der Waals surface area contributed by atoms with Gasteiger partial charge < -0.3 is 0 Å². The van der Waals surface area contributed by atoms with E-state index in [4.69, 9.17) is 9.97 Å². The van der Waals surface area contributed by atoms with Gasteiger partial charge in [-0.2, -0.15) is 0 Å². The molecule has 49 heavy (non-hydrogen) atoms. The van der Waals surface area contributed by atoms with Crippen molar-refractivity contribution >= 4 is 64.0 Å². The second kappa shape index (κ2) is 11.2. The first kappa shape index (κ1) is 27.9. The number of thiophene rings is 1. The lowest BCUT2D eigenvalue weighted by Crippen LogP contribution is -1.88. The van der Waals surface area contributed by atoms with Gasteiger partial charge in [0.15, 0.2) is 0 Å². The van der Waals surface area contributed by atoms with Crippen LogP contribution in [0.3, 0.4) is 0 Å². The molecule has 0 bridgehead atoms. The highest BCUT2D eigenvalue weighted by Gasteiger charge is 2.15. The van der Waals surface area contributed by atoms with Crippen molar-refractivity contribution in [2.24, 2.45) is 0 Å². The average molecular weight is 641 g/mol. The highest BCUT2D eigenvalue weighted by molar-refractivity contribution is 7.26. The van der Waals surface area contributed by atoms with E-state index >= 15 is 0 Å². The summed E-state index contributed by atoms with van der Waals surface area (Å²) in [5.74, 6) is 0. The van der Waals surface area contributed by atoms with Crippen LogP contribution in [-0.2, 0) is 0 Å². The van der Waals surface area contributed by atoms with Gasteiger partial charge in [-0.1, -0.05) is 140 Å². The van der Waals surface area contributed by atoms with Gasteiger partial charge in [-0.25, -0.2) is 9.97 Å².